The number of nitrogens with one attached hydrogen (secondary N) is 2. The number of amides is 2. The first-order valence-electron chi connectivity index (χ1n) is 9.87. The number of ketones is 1. The number of halogens is 1. The predicted octanol–water partition coefficient (Wildman–Crippen LogP) is 2.65. The Kier molecular flexibility index (Phi) is 6.71. The summed E-state index contributed by atoms with van der Waals surface area (Å²) in [6, 6.07) is 7.08. The lowest BCUT2D eigenvalue weighted by atomic mass is 10.0. The van der Waals surface area contributed by atoms with E-state index >= 15 is 0 Å². The molecule has 1 saturated heterocycles. The minimum Gasteiger partial charge on any atom is -0.496 e. The van der Waals surface area contributed by atoms with E-state index in [1.807, 2.05) is 6.92 Å². The minimum atomic E-state index is -0.539. The molecule has 2 amide bonds. The molecule has 30 heavy (non-hydrogen) atoms. The molecule has 4 N–H and O–H groups in total. The summed E-state index contributed by atoms with van der Waals surface area (Å²) in [6.45, 7) is 3.79. The highest BCUT2D eigenvalue weighted by atomic mass is 19.1. The van der Waals surface area contributed by atoms with Crippen LogP contribution in [0.25, 0.3) is 0 Å². The largest absolute Gasteiger partial charge is 0.496 e. The molecule has 0 spiro atoms. The highest BCUT2D eigenvalue weighted by molar-refractivity contribution is 6.13. The van der Waals surface area contributed by atoms with Crippen molar-refractivity contribution in [3.05, 3.63) is 47.3 Å². The van der Waals surface area contributed by atoms with Crippen LogP contribution in [0, 0.1) is 5.82 Å². The van der Waals surface area contributed by atoms with Crippen molar-refractivity contribution in [3.63, 3.8) is 0 Å². The van der Waals surface area contributed by atoms with Gasteiger partial charge in [0.05, 0.1) is 18.2 Å². The van der Waals surface area contributed by atoms with E-state index in [1.165, 1.54) is 19.2 Å². The second-order valence-electron chi connectivity index (χ2n) is 7.04. The fraction of sp³-hybridized carbons (Fsp3) is 0.381. The lowest BCUT2D eigenvalue weighted by molar-refractivity contribution is 0.103. The molecule has 160 valence electrons. The standard InChI is InChI=1S/C21H26FN5O3/c1-3-24-21(29)27-10-8-14(9-11-27)25-18-7-5-15(20(23)26-18)19(28)16-12-13(22)4-6-17(16)30-2/h4-7,12,14H,3,8-11H2,1-2H3,(H,24,29)(H3,23,25,26). The monoisotopic (exact) mass is 415 g/mol. The number of benzene rings is 1. The highest BCUT2D eigenvalue weighted by Crippen LogP contribution is 2.26. The van der Waals surface area contributed by atoms with Crippen LogP contribution < -0.4 is 21.1 Å². The fourth-order valence-electron chi connectivity index (χ4n) is 3.45. The first-order chi connectivity index (χ1) is 14.4. The Bertz CT molecular complexity index is 929. The van der Waals surface area contributed by atoms with Gasteiger partial charge in [0.1, 0.15) is 23.2 Å². The highest BCUT2D eigenvalue weighted by Gasteiger charge is 2.23. The summed E-state index contributed by atoms with van der Waals surface area (Å²) >= 11 is 0. The Morgan fingerprint density at radius 1 is 1.23 bits per heavy atom. The quantitative estimate of drug-likeness (QED) is 0.626. The molecule has 1 aromatic heterocycles. The third kappa shape index (κ3) is 4.79. The van der Waals surface area contributed by atoms with E-state index in [9.17, 15) is 14.0 Å². The lowest BCUT2D eigenvalue weighted by Gasteiger charge is -2.32. The number of pyridine rings is 1. The van der Waals surface area contributed by atoms with Crippen molar-refractivity contribution in [1.29, 1.82) is 0 Å². The molecule has 0 atom stereocenters. The number of likely N-dealkylation sites (tertiary alicyclic amines) is 1. The maximum atomic E-state index is 13.6. The van der Waals surface area contributed by atoms with E-state index in [0.717, 1.165) is 18.9 Å². The molecule has 1 aliphatic rings. The van der Waals surface area contributed by atoms with Gasteiger partial charge in [0, 0.05) is 25.7 Å². The van der Waals surface area contributed by atoms with E-state index in [4.69, 9.17) is 10.5 Å². The van der Waals surface area contributed by atoms with E-state index in [1.54, 1.807) is 17.0 Å². The van der Waals surface area contributed by atoms with Gasteiger partial charge in [-0.05, 0) is 50.1 Å². The zero-order valence-electron chi connectivity index (χ0n) is 17.1. The van der Waals surface area contributed by atoms with Crippen LogP contribution in [0.1, 0.15) is 35.7 Å². The average Bonchev–Trinajstić information content (AvgIpc) is 2.74. The molecule has 1 aromatic carbocycles. The van der Waals surface area contributed by atoms with Crippen LogP contribution in [-0.4, -0.2) is 54.5 Å². The molecule has 0 unspecified atom stereocenters. The van der Waals surface area contributed by atoms with Gasteiger partial charge in [-0.15, -0.1) is 0 Å². The molecule has 9 heteroatoms. The van der Waals surface area contributed by atoms with Crippen LogP contribution in [0.15, 0.2) is 30.3 Å². The minimum absolute atomic E-state index is 0.0473. The number of nitrogens with zero attached hydrogens (tertiary/aromatic N) is 2. The van der Waals surface area contributed by atoms with Crippen molar-refractivity contribution in [2.75, 3.05) is 37.8 Å². The smallest absolute Gasteiger partial charge is 0.317 e. The second-order valence-corrected chi connectivity index (χ2v) is 7.04. The molecule has 0 saturated carbocycles. The third-order valence-electron chi connectivity index (χ3n) is 5.04. The molecule has 2 aromatic rings. The predicted molar refractivity (Wildman–Crippen MR) is 112 cm³/mol. The number of piperidine rings is 1. The average molecular weight is 415 g/mol. The molecule has 0 bridgehead atoms. The molecule has 1 fully saturated rings. The summed E-state index contributed by atoms with van der Waals surface area (Å²) in [5.74, 6) is -0.134. The van der Waals surface area contributed by atoms with Crippen LogP contribution in [-0.2, 0) is 0 Å². The zero-order chi connectivity index (χ0) is 21.7. The van der Waals surface area contributed by atoms with E-state index in [2.05, 4.69) is 15.6 Å². The van der Waals surface area contributed by atoms with Crippen LogP contribution in [0.5, 0.6) is 5.75 Å². The summed E-state index contributed by atoms with van der Waals surface area (Å²) in [7, 11) is 1.41. The number of aromatic nitrogens is 1. The Balaban J connectivity index is 1.67. The number of methoxy groups -OCH3 is 1. The number of urea groups is 1. The maximum Gasteiger partial charge on any atom is 0.317 e. The first kappa shape index (κ1) is 21.4. The van der Waals surface area contributed by atoms with Gasteiger partial charge in [-0.2, -0.15) is 0 Å². The van der Waals surface area contributed by atoms with Crippen molar-refractivity contribution in [2.45, 2.75) is 25.8 Å². The van der Waals surface area contributed by atoms with Gasteiger partial charge in [0.2, 0.25) is 5.78 Å². The number of nitrogens with two attached hydrogens (primary N) is 1. The van der Waals surface area contributed by atoms with Gasteiger partial charge in [-0.1, -0.05) is 0 Å². The SMILES string of the molecule is CCNC(=O)N1CCC(Nc2ccc(C(=O)c3cc(F)ccc3OC)c(N)n2)CC1. The molecule has 8 nitrogen and oxygen atoms in total. The van der Waals surface area contributed by atoms with Gasteiger partial charge >= 0.3 is 6.03 Å². The van der Waals surface area contributed by atoms with Gasteiger partial charge < -0.3 is 26.0 Å². The van der Waals surface area contributed by atoms with Crippen molar-refractivity contribution in [3.8, 4) is 5.75 Å². The number of hydrogen-bond acceptors (Lipinski definition) is 6. The number of ether oxygens (including phenoxy) is 1. The van der Waals surface area contributed by atoms with Crippen LogP contribution in [0.2, 0.25) is 0 Å². The van der Waals surface area contributed by atoms with Crippen molar-refractivity contribution < 1.29 is 18.7 Å². The molecule has 0 radical (unpaired) electrons. The second kappa shape index (κ2) is 9.43. The number of anilines is 2. The number of hydrogen-bond donors (Lipinski definition) is 3. The van der Waals surface area contributed by atoms with Gasteiger partial charge in [0.15, 0.2) is 0 Å². The van der Waals surface area contributed by atoms with Crippen LogP contribution in [0.3, 0.4) is 0 Å². The number of carbonyl (C=O) groups is 2. The summed E-state index contributed by atoms with van der Waals surface area (Å²) in [5, 5.41) is 6.11. The van der Waals surface area contributed by atoms with Gasteiger partial charge in [0.25, 0.3) is 0 Å². The summed E-state index contributed by atoms with van der Waals surface area (Å²) in [5.41, 5.74) is 6.29. The summed E-state index contributed by atoms with van der Waals surface area (Å²) in [6.07, 6.45) is 1.56. The van der Waals surface area contributed by atoms with Crippen molar-refractivity contribution in [1.82, 2.24) is 15.2 Å². The zero-order valence-corrected chi connectivity index (χ0v) is 17.1. The van der Waals surface area contributed by atoms with Crippen molar-refractivity contribution >= 4 is 23.5 Å². The van der Waals surface area contributed by atoms with Crippen LogP contribution >= 0.6 is 0 Å². The van der Waals surface area contributed by atoms with Gasteiger partial charge in [-0.25, -0.2) is 14.2 Å². The lowest BCUT2D eigenvalue weighted by Crippen LogP contribution is -2.46. The Morgan fingerprint density at radius 3 is 2.60 bits per heavy atom. The van der Waals surface area contributed by atoms with Gasteiger partial charge in [-0.3, -0.25) is 4.79 Å². The molecule has 2 heterocycles. The van der Waals surface area contributed by atoms with E-state index < -0.39 is 11.6 Å². The Morgan fingerprint density at radius 2 is 1.97 bits per heavy atom. The van der Waals surface area contributed by atoms with Crippen molar-refractivity contribution in [2.24, 2.45) is 0 Å². The fourth-order valence-corrected chi connectivity index (χ4v) is 3.45. The molecule has 1 aliphatic heterocycles. The van der Waals surface area contributed by atoms with Crippen LogP contribution in [0.4, 0.5) is 20.8 Å². The number of nitrogen functional groups attached to an aromatic ring is 1. The molecular weight excluding hydrogens is 389 g/mol. The number of carbonyl (C=O) groups excluding carboxylic acids is 2. The summed E-state index contributed by atoms with van der Waals surface area (Å²) in [4.78, 5) is 30.8. The van der Waals surface area contributed by atoms with E-state index in [-0.39, 0.29) is 34.8 Å². The normalized spacial score (nSPS) is 14.3. The van der Waals surface area contributed by atoms with E-state index in [0.29, 0.717) is 25.5 Å². The summed E-state index contributed by atoms with van der Waals surface area (Å²) < 4.78 is 18.8. The maximum absolute atomic E-state index is 13.6. The molecule has 0 aliphatic carbocycles. The first-order valence-corrected chi connectivity index (χ1v) is 9.87. The topological polar surface area (TPSA) is 110 Å². The number of rotatable bonds is 6. The Labute approximate surface area is 174 Å². The third-order valence-corrected chi connectivity index (χ3v) is 5.04. The molecular formula is C21H26FN5O3. The Hall–Kier alpha value is -3.36. The molecule has 3 rings (SSSR count).